The molecule has 0 aliphatic carbocycles. The molecule has 0 saturated heterocycles. The second kappa shape index (κ2) is 7.97. The van der Waals surface area contributed by atoms with Crippen molar-refractivity contribution in [3.8, 4) is 0 Å². The van der Waals surface area contributed by atoms with Gasteiger partial charge in [-0.2, -0.15) is 0 Å². The van der Waals surface area contributed by atoms with Gasteiger partial charge in [0.25, 0.3) is 0 Å². The molecular formula is C17H23N3O2S. The van der Waals surface area contributed by atoms with E-state index in [1.54, 1.807) is 11.3 Å². The third-order valence-corrected chi connectivity index (χ3v) is 4.84. The summed E-state index contributed by atoms with van der Waals surface area (Å²) in [5.74, 6) is 0.894. The predicted octanol–water partition coefficient (Wildman–Crippen LogP) is 2.04. The zero-order chi connectivity index (χ0) is 16.1. The van der Waals surface area contributed by atoms with Crippen LogP contribution in [-0.2, 0) is 30.7 Å². The Kier molecular flexibility index (Phi) is 5.72. The summed E-state index contributed by atoms with van der Waals surface area (Å²) < 4.78 is 5.60. The molecule has 6 heteroatoms. The Hall–Kier alpha value is -1.34. The maximum Gasteiger partial charge on any atom is 0.128 e. The largest absolute Gasteiger partial charge is 0.389 e. The molecule has 23 heavy (non-hydrogen) atoms. The van der Waals surface area contributed by atoms with Crippen molar-refractivity contribution < 1.29 is 9.84 Å². The predicted molar refractivity (Wildman–Crippen MR) is 90.4 cm³/mol. The highest BCUT2D eigenvalue weighted by Gasteiger charge is 2.20. The van der Waals surface area contributed by atoms with E-state index in [0.29, 0.717) is 19.8 Å². The zero-order valence-electron chi connectivity index (χ0n) is 13.4. The van der Waals surface area contributed by atoms with Crippen molar-refractivity contribution in [2.75, 3.05) is 19.7 Å². The van der Waals surface area contributed by atoms with Gasteiger partial charge in [-0.25, -0.2) is 9.97 Å². The number of hydrogen-bond donors (Lipinski definition) is 1. The van der Waals surface area contributed by atoms with Crippen LogP contribution in [0, 0.1) is 0 Å². The molecule has 0 fully saturated rings. The summed E-state index contributed by atoms with van der Waals surface area (Å²) in [4.78, 5) is 12.4. The molecule has 0 unspecified atom stereocenters. The van der Waals surface area contributed by atoms with Gasteiger partial charge in [-0.3, -0.25) is 4.90 Å². The maximum absolute atomic E-state index is 10.2. The number of fused-ring (bicyclic) bond motifs is 1. The molecular weight excluding hydrogens is 310 g/mol. The number of aromatic nitrogens is 2. The highest BCUT2D eigenvalue weighted by Crippen LogP contribution is 2.17. The van der Waals surface area contributed by atoms with Crippen molar-refractivity contribution in [3.05, 3.63) is 45.7 Å². The summed E-state index contributed by atoms with van der Waals surface area (Å²) >= 11 is 1.67. The summed E-state index contributed by atoms with van der Waals surface area (Å²) in [5, 5.41) is 12.2. The van der Waals surface area contributed by atoms with Crippen LogP contribution in [0.25, 0.3) is 0 Å². The number of nitrogens with zero attached hydrogens (tertiary/aromatic N) is 3. The number of aliphatic hydroxyl groups is 1. The van der Waals surface area contributed by atoms with Crippen molar-refractivity contribution in [1.82, 2.24) is 14.9 Å². The topological polar surface area (TPSA) is 58.5 Å². The summed E-state index contributed by atoms with van der Waals surface area (Å²) in [6, 6.07) is 4.06. The Balaban J connectivity index is 1.46. The Labute approximate surface area is 141 Å². The fourth-order valence-electron chi connectivity index (χ4n) is 2.77. The van der Waals surface area contributed by atoms with Crippen LogP contribution in [0.4, 0.5) is 0 Å². The summed E-state index contributed by atoms with van der Waals surface area (Å²) in [5.41, 5.74) is 2.34. The van der Waals surface area contributed by atoms with Crippen molar-refractivity contribution in [3.63, 3.8) is 0 Å². The van der Waals surface area contributed by atoms with Crippen LogP contribution in [0.5, 0.6) is 0 Å². The van der Waals surface area contributed by atoms with Gasteiger partial charge in [-0.05, 0) is 23.4 Å². The van der Waals surface area contributed by atoms with E-state index in [9.17, 15) is 5.11 Å². The molecule has 0 radical (unpaired) electrons. The Morgan fingerprint density at radius 3 is 3.17 bits per heavy atom. The third kappa shape index (κ3) is 4.57. The lowest BCUT2D eigenvalue weighted by molar-refractivity contribution is 0.00823. The molecule has 0 saturated carbocycles. The van der Waals surface area contributed by atoms with Gasteiger partial charge in [0.05, 0.1) is 25.0 Å². The van der Waals surface area contributed by atoms with Crippen molar-refractivity contribution in [2.45, 2.75) is 39.0 Å². The Morgan fingerprint density at radius 1 is 1.48 bits per heavy atom. The minimum atomic E-state index is -0.469. The summed E-state index contributed by atoms with van der Waals surface area (Å²) in [6.07, 6.45) is 3.29. The van der Waals surface area contributed by atoms with Crippen LogP contribution >= 0.6 is 11.3 Å². The normalized spacial score (nSPS) is 16.3. The smallest absolute Gasteiger partial charge is 0.128 e. The van der Waals surface area contributed by atoms with Gasteiger partial charge in [0, 0.05) is 37.1 Å². The number of β-amino-alcohol motifs (C(OH)–C–C–N with tert-alkyl or cyclic N) is 1. The van der Waals surface area contributed by atoms with Gasteiger partial charge >= 0.3 is 0 Å². The lowest BCUT2D eigenvalue weighted by atomic mass is 10.1. The number of rotatable bonds is 7. The lowest BCUT2D eigenvalue weighted by Gasteiger charge is -2.29. The van der Waals surface area contributed by atoms with E-state index in [2.05, 4.69) is 21.8 Å². The molecule has 2 aromatic rings. The van der Waals surface area contributed by atoms with Crippen molar-refractivity contribution in [1.29, 1.82) is 0 Å². The molecule has 2 aromatic heterocycles. The first-order valence-corrected chi connectivity index (χ1v) is 8.96. The SMILES string of the molecule is CCc1ncc2c(n1)CN(C[C@@H](O)COCc1cccs1)CC2. The van der Waals surface area contributed by atoms with Crippen molar-refractivity contribution in [2.24, 2.45) is 0 Å². The van der Waals surface area contributed by atoms with Crippen LogP contribution in [-0.4, -0.2) is 45.8 Å². The van der Waals surface area contributed by atoms with Crippen LogP contribution in [0.1, 0.15) is 28.9 Å². The minimum absolute atomic E-state index is 0.366. The Morgan fingerprint density at radius 2 is 2.39 bits per heavy atom. The molecule has 1 N–H and O–H groups in total. The quantitative estimate of drug-likeness (QED) is 0.840. The van der Waals surface area contributed by atoms with E-state index in [1.165, 1.54) is 10.4 Å². The molecule has 3 rings (SSSR count). The second-order valence-corrected chi connectivity index (χ2v) is 6.88. The number of hydrogen-bond acceptors (Lipinski definition) is 6. The monoisotopic (exact) mass is 333 g/mol. The second-order valence-electron chi connectivity index (χ2n) is 5.85. The fourth-order valence-corrected chi connectivity index (χ4v) is 3.41. The number of aryl methyl sites for hydroxylation is 1. The van der Waals surface area contributed by atoms with E-state index in [0.717, 1.165) is 37.4 Å². The van der Waals surface area contributed by atoms with Gasteiger partial charge in [0.15, 0.2) is 0 Å². The first-order valence-electron chi connectivity index (χ1n) is 8.08. The van der Waals surface area contributed by atoms with E-state index in [-0.39, 0.29) is 0 Å². The highest BCUT2D eigenvalue weighted by atomic mass is 32.1. The summed E-state index contributed by atoms with van der Waals surface area (Å²) in [7, 11) is 0. The van der Waals surface area contributed by atoms with Crippen LogP contribution in [0.2, 0.25) is 0 Å². The van der Waals surface area contributed by atoms with Crippen molar-refractivity contribution >= 4 is 11.3 Å². The molecule has 0 bridgehead atoms. The molecule has 1 atom stereocenters. The number of thiophene rings is 1. The average molecular weight is 333 g/mol. The minimum Gasteiger partial charge on any atom is -0.389 e. The lowest BCUT2D eigenvalue weighted by Crippen LogP contribution is -2.38. The number of ether oxygens (including phenoxy) is 1. The molecule has 0 amide bonds. The fraction of sp³-hybridized carbons (Fsp3) is 0.529. The van der Waals surface area contributed by atoms with Gasteiger partial charge in [0.1, 0.15) is 5.82 Å². The highest BCUT2D eigenvalue weighted by molar-refractivity contribution is 7.09. The van der Waals surface area contributed by atoms with E-state index in [4.69, 9.17) is 4.74 Å². The van der Waals surface area contributed by atoms with Gasteiger partial charge < -0.3 is 9.84 Å². The molecule has 0 aromatic carbocycles. The van der Waals surface area contributed by atoms with E-state index >= 15 is 0 Å². The van der Waals surface area contributed by atoms with Gasteiger partial charge in [-0.15, -0.1) is 11.3 Å². The molecule has 0 spiro atoms. The van der Waals surface area contributed by atoms with Crippen LogP contribution in [0.15, 0.2) is 23.7 Å². The standard InChI is InChI=1S/C17H23N3O2S/c1-2-17-18-8-13-5-6-20(10-16(13)19-17)9-14(21)11-22-12-15-4-3-7-23-15/h3-4,7-8,14,21H,2,5-6,9-12H2,1H3/t14-/m1/s1. The third-order valence-electron chi connectivity index (χ3n) is 3.99. The first kappa shape index (κ1) is 16.5. The molecule has 1 aliphatic heterocycles. The maximum atomic E-state index is 10.2. The van der Waals surface area contributed by atoms with E-state index in [1.807, 2.05) is 23.7 Å². The first-order chi connectivity index (χ1) is 11.2. The van der Waals surface area contributed by atoms with Crippen LogP contribution < -0.4 is 0 Å². The molecule has 124 valence electrons. The summed E-state index contributed by atoms with van der Waals surface area (Å²) in [6.45, 7) is 5.35. The Bertz CT molecular complexity index is 618. The number of aliphatic hydroxyl groups excluding tert-OH is 1. The van der Waals surface area contributed by atoms with Gasteiger partial charge in [0.2, 0.25) is 0 Å². The average Bonchev–Trinajstić information content (AvgIpc) is 3.07. The van der Waals surface area contributed by atoms with Gasteiger partial charge in [-0.1, -0.05) is 13.0 Å². The van der Waals surface area contributed by atoms with Crippen LogP contribution in [0.3, 0.4) is 0 Å². The molecule has 3 heterocycles. The molecule has 5 nitrogen and oxygen atoms in total. The molecule has 1 aliphatic rings. The zero-order valence-corrected chi connectivity index (χ0v) is 14.3. The van der Waals surface area contributed by atoms with E-state index < -0.39 is 6.10 Å².